The van der Waals surface area contributed by atoms with Gasteiger partial charge >= 0.3 is 5.97 Å². The number of nitrogens with zero attached hydrogens (tertiary/aromatic N) is 4. The number of hydrogen-bond acceptors (Lipinski definition) is 6. The average molecular weight is 458 g/mol. The number of rotatable bonds is 6. The lowest BCUT2D eigenvalue weighted by Gasteiger charge is -2.46. The smallest absolute Gasteiger partial charge is 0.353 e. The SMILES string of the molecule is C[C@@H](O)[C@H]1C(=O)N2C(C(=O)O)=C(S[C@@H]3CN[C@H](Cc4c[n+](C)nn4C)C3)[C@H](C)[C@H]12.[Cl-]. The molecule has 0 aromatic carbocycles. The molecule has 4 heterocycles. The first-order chi connectivity index (χ1) is 13.7. The molecule has 11 heteroatoms. The monoisotopic (exact) mass is 457 g/mol. The van der Waals surface area contributed by atoms with E-state index in [-0.39, 0.29) is 41.2 Å². The molecular formula is C19H28ClN5O4S. The number of hydrogen-bond donors (Lipinski definition) is 3. The molecule has 0 unspecified atom stereocenters. The zero-order valence-corrected chi connectivity index (χ0v) is 19.0. The van der Waals surface area contributed by atoms with Crippen LogP contribution in [0.4, 0.5) is 0 Å². The van der Waals surface area contributed by atoms with Gasteiger partial charge in [-0.1, -0.05) is 6.92 Å². The minimum absolute atomic E-state index is 0. The van der Waals surface area contributed by atoms with E-state index in [9.17, 15) is 19.8 Å². The summed E-state index contributed by atoms with van der Waals surface area (Å²) < 4.78 is 3.67. The Morgan fingerprint density at radius 1 is 1.50 bits per heavy atom. The molecule has 0 saturated carbocycles. The Labute approximate surface area is 185 Å². The summed E-state index contributed by atoms with van der Waals surface area (Å²) in [5.74, 6) is -1.95. The number of halogens is 1. The topological polar surface area (TPSA) is 112 Å². The Hall–Kier alpha value is -1.62. The Balaban J connectivity index is 0.00000256. The van der Waals surface area contributed by atoms with Crippen LogP contribution in [0.25, 0.3) is 0 Å². The number of β-lactam (4-membered cyclic amide) rings is 1. The zero-order chi connectivity index (χ0) is 21.0. The average Bonchev–Trinajstić information content (AvgIpc) is 3.26. The molecule has 0 aliphatic carbocycles. The molecule has 3 N–H and O–H groups in total. The highest BCUT2D eigenvalue weighted by Gasteiger charge is 2.60. The Kier molecular flexibility index (Phi) is 6.52. The highest BCUT2D eigenvalue weighted by molar-refractivity contribution is 8.03. The lowest BCUT2D eigenvalue weighted by molar-refractivity contribution is -0.732. The van der Waals surface area contributed by atoms with E-state index in [0.29, 0.717) is 6.04 Å². The summed E-state index contributed by atoms with van der Waals surface area (Å²) >= 11 is 1.58. The highest BCUT2D eigenvalue weighted by atomic mass is 35.5. The molecule has 2 fully saturated rings. The minimum atomic E-state index is -1.07. The molecule has 1 aromatic heterocycles. The Bertz CT molecular complexity index is 888. The summed E-state index contributed by atoms with van der Waals surface area (Å²) in [5, 5.41) is 27.8. The van der Waals surface area contributed by atoms with E-state index in [1.54, 1.807) is 23.4 Å². The summed E-state index contributed by atoms with van der Waals surface area (Å²) in [7, 11) is 3.83. The quantitative estimate of drug-likeness (QED) is 0.299. The van der Waals surface area contributed by atoms with Gasteiger partial charge in [0.05, 0.1) is 23.3 Å². The molecule has 4 rings (SSSR count). The molecule has 0 spiro atoms. The van der Waals surface area contributed by atoms with Gasteiger partial charge < -0.3 is 32.8 Å². The summed E-state index contributed by atoms with van der Waals surface area (Å²) in [6.45, 7) is 4.36. The predicted molar refractivity (Wildman–Crippen MR) is 106 cm³/mol. The number of aliphatic carboxylic acids is 1. The van der Waals surface area contributed by atoms with Gasteiger partial charge in [-0.25, -0.2) is 4.79 Å². The van der Waals surface area contributed by atoms with Crippen molar-refractivity contribution in [2.75, 3.05) is 6.54 Å². The van der Waals surface area contributed by atoms with Crippen molar-refractivity contribution >= 4 is 23.6 Å². The van der Waals surface area contributed by atoms with Gasteiger partial charge in [0.15, 0.2) is 11.9 Å². The lowest BCUT2D eigenvalue weighted by Crippen LogP contribution is -3.00. The maximum Gasteiger partial charge on any atom is 0.353 e. The summed E-state index contributed by atoms with van der Waals surface area (Å²) in [5.41, 5.74) is 1.25. The van der Waals surface area contributed by atoms with Crippen LogP contribution in [0.1, 0.15) is 26.0 Å². The van der Waals surface area contributed by atoms with Gasteiger partial charge in [-0.2, -0.15) is 0 Å². The van der Waals surface area contributed by atoms with E-state index in [4.69, 9.17) is 0 Å². The molecule has 3 aliphatic heterocycles. The molecule has 166 valence electrons. The molecule has 0 radical (unpaired) electrons. The zero-order valence-electron chi connectivity index (χ0n) is 17.4. The molecule has 1 amide bonds. The molecule has 1 aromatic rings. The van der Waals surface area contributed by atoms with Crippen LogP contribution in [0.5, 0.6) is 0 Å². The van der Waals surface area contributed by atoms with Crippen LogP contribution in [0.3, 0.4) is 0 Å². The van der Waals surface area contributed by atoms with Crippen molar-refractivity contribution in [1.82, 2.24) is 20.1 Å². The van der Waals surface area contributed by atoms with Gasteiger partial charge in [0.25, 0.3) is 0 Å². The standard InChI is InChI=1S/C19H27N5O4S.ClH/c1-9-15-14(10(2)25)18(26)24(15)16(19(27)28)17(9)29-13-6-11(20-7-13)5-12-8-22(3)21-23(12)4;/h8-11,13-15,20,25H,5-7H2,1-4H3;1H/t9-,10-,11-,13+,14-,15-;/m1./s1. The van der Waals surface area contributed by atoms with Crippen molar-refractivity contribution < 1.29 is 36.9 Å². The number of carbonyl (C=O) groups excluding carboxylic acids is 1. The van der Waals surface area contributed by atoms with Gasteiger partial charge in [0.2, 0.25) is 5.91 Å². The van der Waals surface area contributed by atoms with Crippen LogP contribution in [0, 0.1) is 11.8 Å². The second-order valence-electron chi connectivity index (χ2n) is 8.36. The third-order valence-electron chi connectivity index (χ3n) is 6.27. The molecule has 9 nitrogen and oxygen atoms in total. The van der Waals surface area contributed by atoms with Gasteiger partial charge in [-0.15, -0.1) is 21.1 Å². The number of nitrogens with one attached hydrogen (secondary N) is 1. The van der Waals surface area contributed by atoms with E-state index in [0.717, 1.165) is 30.0 Å². The van der Waals surface area contributed by atoms with Gasteiger partial charge in [0.1, 0.15) is 19.8 Å². The van der Waals surface area contributed by atoms with Crippen molar-refractivity contribution in [2.45, 2.75) is 50.1 Å². The van der Waals surface area contributed by atoms with Gasteiger partial charge in [0, 0.05) is 35.1 Å². The molecule has 6 atom stereocenters. The number of aryl methyl sites for hydroxylation is 2. The number of aliphatic hydroxyl groups is 1. The van der Waals surface area contributed by atoms with Crippen molar-refractivity contribution in [3.05, 3.63) is 22.5 Å². The largest absolute Gasteiger partial charge is 1.00 e. The van der Waals surface area contributed by atoms with Gasteiger partial charge in [-0.3, -0.25) is 4.79 Å². The minimum Gasteiger partial charge on any atom is -1.00 e. The predicted octanol–water partition coefficient (Wildman–Crippen LogP) is -3.59. The first-order valence-electron chi connectivity index (χ1n) is 9.96. The van der Waals surface area contributed by atoms with Gasteiger partial charge in [-0.05, 0) is 13.3 Å². The molecule has 2 saturated heterocycles. The van der Waals surface area contributed by atoms with Crippen molar-refractivity contribution in [2.24, 2.45) is 25.9 Å². The van der Waals surface area contributed by atoms with Crippen molar-refractivity contribution in [1.29, 1.82) is 0 Å². The fourth-order valence-electron chi connectivity index (χ4n) is 4.92. The summed E-state index contributed by atoms with van der Waals surface area (Å²) in [6, 6.07) is 0.0491. The van der Waals surface area contributed by atoms with Crippen molar-refractivity contribution in [3.8, 4) is 0 Å². The van der Waals surface area contributed by atoms with Crippen LogP contribution in [0.2, 0.25) is 0 Å². The normalized spacial score (nSPS) is 31.4. The first kappa shape index (κ1) is 23.1. The molecule has 3 aliphatic rings. The fraction of sp³-hybridized carbons (Fsp3) is 0.684. The fourth-order valence-corrected chi connectivity index (χ4v) is 6.44. The van der Waals surface area contributed by atoms with E-state index in [2.05, 4.69) is 10.5 Å². The van der Waals surface area contributed by atoms with Crippen LogP contribution in [-0.4, -0.2) is 66.9 Å². The number of carbonyl (C=O) groups is 2. The van der Waals surface area contributed by atoms with E-state index < -0.39 is 18.0 Å². The first-order valence-corrected chi connectivity index (χ1v) is 10.8. The number of carboxylic acid groups (broad SMARTS) is 1. The number of aromatic nitrogens is 3. The summed E-state index contributed by atoms with van der Waals surface area (Å²) in [6.07, 6.45) is 3.02. The summed E-state index contributed by atoms with van der Waals surface area (Å²) in [4.78, 5) is 26.5. The maximum atomic E-state index is 12.5. The van der Waals surface area contributed by atoms with E-state index in [1.807, 2.05) is 31.9 Å². The molecule has 30 heavy (non-hydrogen) atoms. The number of carboxylic acids is 1. The third-order valence-corrected chi connectivity index (χ3v) is 7.78. The van der Waals surface area contributed by atoms with E-state index in [1.165, 1.54) is 4.90 Å². The second kappa shape index (κ2) is 8.49. The number of thioether (sulfide) groups is 1. The molecule has 0 bridgehead atoms. The van der Waals surface area contributed by atoms with Crippen LogP contribution >= 0.6 is 11.8 Å². The number of fused-ring (bicyclic) bond motifs is 1. The van der Waals surface area contributed by atoms with E-state index >= 15 is 0 Å². The van der Waals surface area contributed by atoms with Crippen molar-refractivity contribution in [3.63, 3.8) is 0 Å². The van der Waals surface area contributed by atoms with Crippen LogP contribution in [-0.2, 0) is 30.1 Å². The third kappa shape index (κ3) is 3.74. The Morgan fingerprint density at radius 3 is 2.77 bits per heavy atom. The Morgan fingerprint density at radius 2 is 2.20 bits per heavy atom. The second-order valence-corrected chi connectivity index (χ2v) is 9.71. The lowest BCUT2D eigenvalue weighted by atomic mass is 9.79. The maximum absolute atomic E-state index is 12.5. The molecular weight excluding hydrogens is 430 g/mol. The number of aliphatic hydroxyl groups excluding tert-OH is 1. The van der Waals surface area contributed by atoms with Crippen LogP contribution in [0.15, 0.2) is 16.8 Å². The number of amides is 1. The highest BCUT2D eigenvalue weighted by Crippen LogP contribution is 2.51. The van der Waals surface area contributed by atoms with Crippen LogP contribution < -0.4 is 22.4 Å².